The highest BCUT2D eigenvalue weighted by Crippen LogP contribution is 2.32. The van der Waals surface area contributed by atoms with E-state index < -0.39 is 235 Å². The Morgan fingerprint density at radius 2 is 1.25 bits per heavy atom. The Bertz CT molecular complexity index is 5450. The zero-order chi connectivity index (χ0) is 100. The van der Waals surface area contributed by atoms with Crippen LogP contribution in [-0.2, 0) is 96.0 Å². The number of aromatic hydroxyl groups is 1. The SMILES string of the molecule is CCCC[C@H]1C(=O)C[C@@H](CCCNC(=N)N)C(=O)N[C@H](C(=O)NCC(N)=O)CSCC(=O)N[C@@H](Cc2ccc(O)cc2)C(=O)N(C)[C@@H](C)C(=O)N[C@@H](CC(N)=O)C(=O)N2CCC[C@H]2C(=O)N[C@@H](CC2=CN=CC2)C(=O)N[C@@H](CC(C)C)C(=O)N2C[C@H](O)C[C@H]2C(=O)N[C@@H](Cc2c[nH]c3ccccc23)C(=O)N[C@@H](CO)C(=O)N[C@@H](Cc2cccc3ccccc23)c2nnnn2[C@@H](CCCC)C(=O)N1C. The molecule has 0 spiro atoms. The number of carbonyl (C=O) groups excluding carboxylic acids is 16. The zero-order valence-electron chi connectivity index (χ0n) is 78.6. The predicted molar refractivity (Wildman–Crippen MR) is 509 cm³/mol. The maximum atomic E-state index is 15.9. The molecule has 2 saturated heterocycles. The van der Waals surface area contributed by atoms with Crippen molar-refractivity contribution in [3.05, 3.63) is 131 Å². The van der Waals surface area contributed by atoms with E-state index in [0.29, 0.717) is 58.8 Å². The number of tetrazole rings is 1. The van der Waals surface area contributed by atoms with E-state index in [9.17, 15) is 53.7 Å². The Hall–Kier alpha value is -13.8. The zero-order valence-corrected chi connectivity index (χ0v) is 79.4. The lowest BCUT2D eigenvalue weighted by molar-refractivity contribution is -0.145. The number of nitrogens with two attached hydrogens (primary N) is 3. The highest BCUT2D eigenvalue weighted by atomic mass is 32.2. The number of thioether (sulfide) groups is 1. The number of phenols is 1. The molecule has 4 aliphatic rings. The van der Waals surface area contributed by atoms with Crippen LogP contribution in [0.5, 0.6) is 5.75 Å². The quantitative estimate of drug-likeness (QED) is 0.0188. The van der Waals surface area contributed by atoms with Crippen LogP contribution in [0.2, 0.25) is 0 Å². The number of benzene rings is 4. The summed E-state index contributed by atoms with van der Waals surface area (Å²) in [6, 6.07) is 6.04. The van der Waals surface area contributed by atoms with Crippen LogP contribution in [-0.4, -0.2) is 298 Å². The number of aliphatic hydroxyl groups excluding tert-OH is 2. The van der Waals surface area contributed by atoms with Gasteiger partial charge in [0.25, 0.3) is 0 Å². The van der Waals surface area contributed by atoms with E-state index in [1.165, 1.54) is 61.1 Å². The second kappa shape index (κ2) is 50.9. The van der Waals surface area contributed by atoms with Gasteiger partial charge in [-0.25, -0.2) is 4.68 Å². The van der Waals surface area contributed by atoms with E-state index in [-0.39, 0.29) is 114 Å². The van der Waals surface area contributed by atoms with Gasteiger partial charge in [-0.1, -0.05) is 126 Å². The molecule has 0 bridgehead atoms. The lowest BCUT2D eigenvalue weighted by Crippen LogP contribution is -2.60. The van der Waals surface area contributed by atoms with Gasteiger partial charge in [0.2, 0.25) is 88.6 Å². The number of nitrogens with one attached hydrogen (secondary N) is 12. The van der Waals surface area contributed by atoms with Gasteiger partial charge in [0.05, 0.1) is 43.5 Å². The summed E-state index contributed by atoms with van der Waals surface area (Å²) in [4.78, 5) is 248. The van der Waals surface area contributed by atoms with E-state index in [0.717, 1.165) is 37.2 Å². The number of guanidine groups is 1. The number of ketones is 1. The van der Waals surface area contributed by atoms with Gasteiger partial charge in [-0.3, -0.25) is 87.1 Å². The van der Waals surface area contributed by atoms with Crippen LogP contribution in [0.25, 0.3) is 21.7 Å². The average Bonchev–Trinajstić information content (AvgIpc) is 1.56. The highest BCUT2D eigenvalue weighted by Gasteiger charge is 2.47. The van der Waals surface area contributed by atoms with Gasteiger partial charge >= 0.3 is 0 Å². The molecule has 4 aromatic carbocycles. The fraction of sp³-hybridized carbons (Fsp3) is 0.521. The summed E-state index contributed by atoms with van der Waals surface area (Å²) in [6.07, 6.45) is 3.08. The fourth-order valence-electron chi connectivity index (χ4n) is 17.5. The molecule has 43 nitrogen and oxygen atoms in total. The van der Waals surface area contributed by atoms with Gasteiger partial charge in [-0.2, -0.15) is 0 Å². The number of hydrogen-bond donors (Lipinski definition) is 18. The highest BCUT2D eigenvalue weighted by molar-refractivity contribution is 8.00. The first kappa shape index (κ1) is 106. The monoisotopic (exact) mass is 1930 g/mol. The van der Waals surface area contributed by atoms with Gasteiger partial charge in [0, 0.05) is 113 Å². The predicted octanol–water partition coefficient (Wildman–Crippen LogP) is -0.310. The van der Waals surface area contributed by atoms with Crippen molar-refractivity contribution >= 4 is 140 Å². The van der Waals surface area contributed by atoms with E-state index in [1.807, 2.05) is 50.2 Å². The van der Waals surface area contributed by atoms with Gasteiger partial charge in [0.15, 0.2) is 17.6 Å². The number of aromatic amines is 1. The van der Waals surface area contributed by atoms with Gasteiger partial charge in [-0.15, -0.1) is 16.9 Å². The maximum absolute atomic E-state index is 15.9. The third-order valence-electron chi connectivity index (χ3n) is 25.1. The first-order valence-electron chi connectivity index (χ1n) is 46.6. The number of para-hydroxylation sites is 1. The molecular formula is C94H128N24O19S. The van der Waals surface area contributed by atoms with Crippen molar-refractivity contribution < 1.29 is 92.0 Å². The number of phenolic OH excluding ortho intramolecular Hbond substituents is 1. The molecule has 138 heavy (non-hydrogen) atoms. The summed E-state index contributed by atoms with van der Waals surface area (Å²) in [6.45, 7) is 6.30. The van der Waals surface area contributed by atoms with Crippen molar-refractivity contribution in [2.75, 3.05) is 58.4 Å². The summed E-state index contributed by atoms with van der Waals surface area (Å²) < 4.78 is 1.25. The first-order valence-corrected chi connectivity index (χ1v) is 47.8. The topological polar surface area (TPSA) is 641 Å². The Balaban J connectivity index is 1.04. The minimum Gasteiger partial charge on any atom is -0.508 e. The third kappa shape index (κ3) is 29.1. The number of fused-ring (bicyclic) bond motifs is 5. The molecule has 0 aliphatic carbocycles. The number of hydrogen-bond acceptors (Lipinski definition) is 25. The smallest absolute Gasteiger partial charge is 0.247 e. The van der Waals surface area contributed by atoms with Crippen molar-refractivity contribution in [1.29, 1.82) is 5.41 Å². The molecule has 6 heterocycles. The Morgan fingerprint density at radius 3 is 1.92 bits per heavy atom. The minimum absolute atomic E-state index is 0.00188. The largest absolute Gasteiger partial charge is 0.508 e. The van der Waals surface area contributed by atoms with E-state index in [1.54, 1.807) is 56.6 Å². The molecule has 6 aromatic rings. The number of rotatable bonds is 26. The number of aliphatic hydroxyl groups is 2. The van der Waals surface area contributed by atoms with E-state index in [4.69, 9.17) is 22.6 Å². The molecule has 15 atom stereocenters. The number of Topliss-reactive ketones (excluding diaryl/α,β-unsaturated/α-hetero) is 1. The third-order valence-corrected chi connectivity index (χ3v) is 26.1. The Labute approximate surface area is 802 Å². The Morgan fingerprint density at radius 1 is 0.616 bits per heavy atom. The lowest BCUT2D eigenvalue weighted by atomic mass is 9.90. The average molecular weight is 1930 g/mol. The standard InChI is InChI=1S/C94H128N24O19S/c1-8-10-26-73-77(122)42-58(22-17-34-100-94(97)98)83(127)110-72(84(128)102-47-79(96)124)50-138-51-80(125)103-69(38-54-29-31-60(120)32-30-54)90(134)114(6)53(5)82(126)107-70(44-78(95)123)91(135)116-36-18-28-74(116)88(132)105-66(39-55-33-35-99-45-55)85(129)108-68(37-52(3)4)92(136)117-48-61(121)43-76(117)89(133)106-67(41-59-46-101-64-25-15-14-24-63(59)64)86(130)109-71(49-119)87(131)104-65(40-57-21-16-20-56-19-12-13-23-62(56)57)81-111-112-113-118(81)75(27-11-9-2)93(137)115(73)7/h12-16,19-21,23-25,29-32,35,45-46,52-53,58,61,65-76,101,119-121H,8-11,17-18,22,26-28,33-34,36-44,47-51H2,1-7H3,(H2,95,123)(H2,96,124)(H,102,128)(H,103,125)(H,104,131)(H,105,132)(H,106,133)(H,107,126)(H,108,129)(H,109,130)(H,110,127)(H4,97,98,100)/t53-,58+,61+,65-,66-,67-,68-,69-,70-,71-,72-,73-,74-,75-,76-/m0/s1. The first-order chi connectivity index (χ1) is 65.9. The lowest BCUT2D eigenvalue weighted by Gasteiger charge is -2.33. The summed E-state index contributed by atoms with van der Waals surface area (Å²) >= 11 is 0.791. The van der Waals surface area contributed by atoms with Crippen molar-refractivity contribution in [2.24, 2.45) is 34.0 Å². The van der Waals surface area contributed by atoms with Gasteiger partial charge in [-0.05, 0) is 126 Å². The number of unbranched alkanes of at least 4 members (excludes halogenated alkanes) is 2. The number of H-pyrrole nitrogens is 1. The van der Waals surface area contributed by atoms with Crippen LogP contribution in [0.1, 0.15) is 172 Å². The van der Waals surface area contributed by atoms with Crippen LogP contribution in [0, 0.1) is 17.2 Å². The van der Waals surface area contributed by atoms with E-state index in [2.05, 4.69) is 78.7 Å². The van der Waals surface area contributed by atoms with Crippen molar-refractivity contribution in [3.63, 3.8) is 0 Å². The molecule has 2 aromatic heterocycles. The van der Waals surface area contributed by atoms with Crippen molar-refractivity contribution in [3.8, 4) is 5.75 Å². The second-order valence-electron chi connectivity index (χ2n) is 35.8. The van der Waals surface area contributed by atoms with Crippen molar-refractivity contribution in [2.45, 2.75) is 241 Å². The Kier molecular flexibility index (Phi) is 39.2. The normalized spacial score (nSPS) is 24.7. The molecule has 0 unspecified atom stereocenters. The number of nitrogens with zero attached hydrogens (tertiary/aromatic N) is 9. The van der Waals surface area contributed by atoms with Crippen LogP contribution in [0.4, 0.5) is 0 Å². The molecule has 744 valence electrons. The summed E-state index contributed by atoms with van der Waals surface area (Å²) in [5, 5.41) is 83.2. The molecule has 4 aliphatic heterocycles. The molecule has 0 radical (unpaired) electrons. The minimum atomic E-state index is -1.83. The number of likely N-dealkylation sites (N-methyl/N-ethyl adjacent to an activating group) is 2. The van der Waals surface area contributed by atoms with Gasteiger partial charge < -0.3 is 110 Å². The second-order valence-corrected chi connectivity index (χ2v) is 36.9. The number of aromatic nitrogens is 5. The summed E-state index contributed by atoms with van der Waals surface area (Å²) in [7, 11) is 2.65. The number of carbonyl (C=O) groups is 16. The molecule has 21 N–H and O–H groups in total. The molecule has 15 amide bonds. The number of amides is 15. The molecule has 44 heteroatoms. The van der Waals surface area contributed by atoms with Crippen LogP contribution in [0.15, 0.2) is 114 Å². The summed E-state index contributed by atoms with van der Waals surface area (Å²) in [5.41, 5.74) is 19.7. The van der Waals surface area contributed by atoms with Crippen molar-refractivity contribution in [1.82, 2.24) is 98.0 Å². The molecular weight excluding hydrogens is 1800 g/mol. The number of primary amides is 2. The molecule has 2 fully saturated rings. The maximum Gasteiger partial charge on any atom is 0.247 e. The molecule has 10 rings (SSSR count). The van der Waals surface area contributed by atoms with Crippen LogP contribution < -0.4 is 70.4 Å². The fourth-order valence-corrected chi connectivity index (χ4v) is 18.4. The summed E-state index contributed by atoms with van der Waals surface area (Å²) in [5.74, 6) is -17.6. The molecule has 0 saturated carbocycles. The van der Waals surface area contributed by atoms with Crippen LogP contribution >= 0.6 is 11.8 Å². The van der Waals surface area contributed by atoms with E-state index >= 15 is 38.4 Å². The van der Waals surface area contributed by atoms with Gasteiger partial charge in [0.1, 0.15) is 72.2 Å². The van der Waals surface area contributed by atoms with Crippen LogP contribution in [0.3, 0.4) is 0 Å². The number of aliphatic imine (C=N–C) groups is 1.